The lowest BCUT2D eigenvalue weighted by Crippen LogP contribution is -2.34. The first-order valence-corrected chi connectivity index (χ1v) is 2.37. The smallest absolute Gasteiger partial charge is 0.259 e. The third-order valence-electron chi connectivity index (χ3n) is 0.681. The Balaban J connectivity index is 0.000000461. The van der Waals surface area contributed by atoms with Gasteiger partial charge in [-0.25, -0.2) is 19.6 Å². The fourth-order valence-corrected chi connectivity index (χ4v) is 0.403. The third-order valence-corrected chi connectivity index (χ3v) is 0.681. The Morgan fingerprint density at radius 3 is 1.18 bits per heavy atom. The standard InChI is InChI=1S/C3H3N3O3.CHN/c7-1-4-2(8)6-3(9)5-1;1-2/h(H3,4,5,6,7,8,9);1H. The van der Waals surface area contributed by atoms with Gasteiger partial charge in [-0.05, 0) is 0 Å². The van der Waals surface area contributed by atoms with Crippen LogP contribution >= 0.6 is 0 Å². The van der Waals surface area contributed by atoms with Crippen molar-refractivity contribution in [1.29, 1.82) is 5.26 Å². The number of nitrogens with zero attached hydrogens (tertiary/aromatic N) is 1. The van der Waals surface area contributed by atoms with Gasteiger partial charge in [-0.15, -0.1) is 0 Å². The number of hydrogen-bond acceptors (Lipinski definition) is 4. The van der Waals surface area contributed by atoms with Gasteiger partial charge >= 0.3 is 17.1 Å². The summed E-state index contributed by atoms with van der Waals surface area (Å²) in [6, 6.07) is 0. The lowest BCUT2D eigenvalue weighted by molar-refractivity contribution is 0.888. The van der Waals surface area contributed by atoms with Crippen molar-refractivity contribution in [2.75, 3.05) is 0 Å². The molecule has 7 nitrogen and oxygen atoms in total. The van der Waals surface area contributed by atoms with Crippen LogP contribution in [0.25, 0.3) is 0 Å². The van der Waals surface area contributed by atoms with Crippen LogP contribution in [0.3, 0.4) is 0 Å². The molecule has 0 saturated carbocycles. The fraction of sp³-hybridized carbons (Fsp3) is 0. The minimum atomic E-state index is -0.802. The maximum Gasteiger partial charge on any atom is 0.330 e. The van der Waals surface area contributed by atoms with Gasteiger partial charge in [-0.2, -0.15) is 0 Å². The molecule has 58 valence electrons. The molecule has 0 radical (unpaired) electrons. The van der Waals surface area contributed by atoms with E-state index in [1.807, 2.05) is 0 Å². The highest BCUT2D eigenvalue weighted by molar-refractivity contribution is 4.60. The zero-order chi connectivity index (χ0) is 8.85. The van der Waals surface area contributed by atoms with Crippen LogP contribution in [0, 0.1) is 11.8 Å². The first-order chi connectivity index (χ1) is 5.18. The van der Waals surface area contributed by atoms with E-state index in [1.165, 1.54) is 0 Å². The van der Waals surface area contributed by atoms with Crippen molar-refractivity contribution in [3.8, 4) is 6.57 Å². The maximum absolute atomic E-state index is 10.2. The van der Waals surface area contributed by atoms with E-state index >= 15 is 0 Å². The van der Waals surface area contributed by atoms with Gasteiger partial charge in [-0.1, -0.05) is 0 Å². The summed E-state index contributed by atoms with van der Waals surface area (Å²) in [7, 11) is 0. The highest BCUT2D eigenvalue weighted by Gasteiger charge is 1.84. The van der Waals surface area contributed by atoms with Crippen LogP contribution in [0.1, 0.15) is 0 Å². The van der Waals surface area contributed by atoms with Gasteiger partial charge in [-0.3, -0.25) is 15.0 Å². The Kier molecular flexibility index (Phi) is 3.10. The van der Waals surface area contributed by atoms with E-state index in [9.17, 15) is 14.4 Å². The fourth-order valence-electron chi connectivity index (χ4n) is 0.403. The molecule has 1 heterocycles. The van der Waals surface area contributed by atoms with Crippen LogP contribution in [-0.4, -0.2) is 15.0 Å². The molecular formula is C4H4N4O3. The highest BCUT2D eigenvalue weighted by Crippen LogP contribution is 1.29. The van der Waals surface area contributed by atoms with Crippen LogP contribution < -0.4 is 17.1 Å². The molecule has 0 saturated heterocycles. The molecule has 1 aromatic rings. The van der Waals surface area contributed by atoms with E-state index in [0.29, 0.717) is 0 Å². The van der Waals surface area contributed by atoms with Crippen molar-refractivity contribution in [3.05, 3.63) is 31.5 Å². The average molecular weight is 156 g/mol. The van der Waals surface area contributed by atoms with Crippen molar-refractivity contribution in [1.82, 2.24) is 15.0 Å². The molecule has 11 heavy (non-hydrogen) atoms. The predicted molar refractivity (Wildman–Crippen MR) is 35.0 cm³/mol. The quantitative estimate of drug-likeness (QED) is 0.397. The summed E-state index contributed by atoms with van der Waals surface area (Å²) in [4.78, 5) is 35.9. The number of aromatic nitrogens is 3. The second-order valence-electron chi connectivity index (χ2n) is 1.36. The van der Waals surface area contributed by atoms with Gasteiger partial charge < -0.3 is 0 Å². The van der Waals surface area contributed by atoms with Crippen molar-refractivity contribution in [3.63, 3.8) is 0 Å². The average Bonchev–Trinajstić information content (AvgIpc) is 1.88. The molecule has 0 atom stereocenters. The van der Waals surface area contributed by atoms with Crippen LogP contribution in [0.5, 0.6) is 0 Å². The van der Waals surface area contributed by atoms with Crippen molar-refractivity contribution >= 4 is 0 Å². The van der Waals surface area contributed by atoms with Gasteiger partial charge in [0.2, 0.25) is 0 Å². The summed E-state index contributed by atoms with van der Waals surface area (Å²) < 4.78 is 0. The molecule has 0 aliphatic heterocycles. The van der Waals surface area contributed by atoms with Crippen LogP contribution in [0.15, 0.2) is 14.4 Å². The van der Waals surface area contributed by atoms with E-state index in [2.05, 4.69) is 6.57 Å². The van der Waals surface area contributed by atoms with E-state index in [-0.39, 0.29) is 0 Å². The number of nitrogens with one attached hydrogen (secondary N) is 3. The third kappa shape index (κ3) is 2.81. The molecule has 7 heteroatoms. The van der Waals surface area contributed by atoms with E-state index in [0.717, 1.165) is 0 Å². The number of nitriles is 1. The Bertz CT molecular complexity index is 315. The minimum absolute atomic E-state index is 0.802. The van der Waals surface area contributed by atoms with Gasteiger partial charge in [0.15, 0.2) is 0 Å². The molecule has 0 spiro atoms. The van der Waals surface area contributed by atoms with Gasteiger partial charge in [0, 0.05) is 6.57 Å². The molecule has 0 aromatic carbocycles. The Morgan fingerprint density at radius 2 is 1.00 bits per heavy atom. The zero-order valence-electron chi connectivity index (χ0n) is 5.25. The molecule has 0 aliphatic carbocycles. The van der Waals surface area contributed by atoms with Gasteiger partial charge in [0.1, 0.15) is 0 Å². The summed E-state index contributed by atoms with van der Waals surface area (Å²) >= 11 is 0. The second kappa shape index (κ2) is 3.84. The summed E-state index contributed by atoms with van der Waals surface area (Å²) in [5.41, 5.74) is -2.41. The molecule has 1 aromatic heterocycles. The summed E-state index contributed by atoms with van der Waals surface area (Å²) in [6.07, 6.45) is 0. The summed E-state index contributed by atoms with van der Waals surface area (Å²) in [5, 5.41) is 6.50. The first-order valence-electron chi connectivity index (χ1n) is 2.37. The van der Waals surface area contributed by atoms with Crippen LogP contribution in [-0.2, 0) is 0 Å². The Hall–Kier alpha value is -2.10. The van der Waals surface area contributed by atoms with Gasteiger partial charge in [0.05, 0.1) is 0 Å². The lowest BCUT2D eigenvalue weighted by atomic mass is 11.0. The van der Waals surface area contributed by atoms with Crippen molar-refractivity contribution < 1.29 is 0 Å². The maximum atomic E-state index is 10.2. The monoisotopic (exact) mass is 156 g/mol. The molecule has 3 N–H and O–H groups in total. The van der Waals surface area contributed by atoms with E-state index < -0.39 is 17.1 Å². The number of hydrogen-bond donors (Lipinski definition) is 3. The Morgan fingerprint density at radius 1 is 0.818 bits per heavy atom. The molecule has 0 aliphatic rings. The van der Waals surface area contributed by atoms with Crippen LogP contribution in [0.2, 0.25) is 0 Å². The number of rotatable bonds is 0. The zero-order valence-corrected chi connectivity index (χ0v) is 5.25. The topological polar surface area (TPSA) is 122 Å². The normalized spacial score (nSPS) is 7.82. The molecule has 0 amide bonds. The summed E-state index contributed by atoms with van der Waals surface area (Å²) in [6.45, 7) is 3.50. The highest BCUT2D eigenvalue weighted by atomic mass is 16.2. The predicted octanol–water partition coefficient (Wildman–Crippen LogP) is -2.11. The number of H-pyrrole nitrogens is 3. The molecule has 0 unspecified atom stereocenters. The van der Waals surface area contributed by atoms with Crippen molar-refractivity contribution in [2.24, 2.45) is 0 Å². The second-order valence-corrected chi connectivity index (χ2v) is 1.36. The van der Waals surface area contributed by atoms with Crippen LogP contribution in [0.4, 0.5) is 0 Å². The number of aromatic amines is 3. The van der Waals surface area contributed by atoms with E-state index in [4.69, 9.17) is 5.26 Å². The molecular weight excluding hydrogens is 152 g/mol. The summed E-state index contributed by atoms with van der Waals surface area (Å²) in [5.74, 6) is 0. The molecule has 0 bridgehead atoms. The largest absolute Gasteiger partial charge is 0.330 e. The SMILES string of the molecule is C#N.O=c1[nH]c(=O)[nH]c(=O)[nH]1. The van der Waals surface area contributed by atoms with Crippen molar-refractivity contribution in [2.45, 2.75) is 0 Å². The lowest BCUT2D eigenvalue weighted by Gasteiger charge is -1.77. The van der Waals surface area contributed by atoms with E-state index in [1.54, 1.807) is 15.0 Å². The molecule has 0 fully saturated rings. The first kappa shape index (κ1) is 8.90. The Labute approximate surface area is 59.3 Å². The van der Waals surface area contributed by atoms with Gasteiger partial charge in [0.25, 0.3) is 0 Å². The molecule has 1 rings (SSSR count). The minimum Gasteiger partial charge on any atom is -0.259 e.